The maximum atomic E-state index is 11.8. The Hall–Kier alpha value is -0.650. The zero-order valence-electron chi connectivity index (χ0n) is 29.6. The van der Waals surface area contributed by atoms with Gasteiger partial charge >= 0.3 is 5.97 Å². The lowest BCUT2D eigenvalue weighted by atomic mass is 9.43. The van der Waals surface area contributed by atoms with Gasteiger partial charge in [0.15, 0.2) is 5.79 Å². The van der Waals surface area contributed by atoms with Crippen molar-refractivity contribution in [1.29, 1.82) is 0 Å². The van der Waals surface area contributed by atoms with Crippen LogP contribution in [-0.2, 0) is 19.0 Å². The number of hydrogen-bond acceptors (Lipinski definition) is 5. The standard InChI is InChI=1S/C32H54O5/c1-19(2)20(3)16-28(34)21(4)25-8-9-26-24-18-32(35-14-15-36-32)29-17-23(37-22(5)33)10-12-31(29,7)27(24)11-13-30(25,26)6/h19-21,23-29,34H,8-18H2,1-7H3/t20-,21-,23-,24-,25+,26-,27-,28-,29?,30+,31+/m0/s1/i1D3,2D3. The van der Waals surface area contributed by atoms with Gasteiger partial charge in [-0.25, -0.2) is 0 Å². The van der Waals surface area contributed by atoms with Crippen LogP contribution in [0.15, 0.2) is 0 Å². The van der Waals surface area contributed by atoms with Crippen LogP contribution in [0, 0.1) is 58.2 Å². The van der Waals surface area contributed by atoms with Crippen molar-refractivity contribution in [2.45, 2.75) is 124 Å². The second-order valence-electron chi connectivity index (χ2n) is 14.0. The van der Waals surface area contributed by atoms with Crippen LogP contribution in [0.4, 0.5) is 0 Å². The zero-order valence-corrected chi connectivity index (χ0v) is 23.6. The summed E-state index contributed by atoms with van der Waals surface area (Å²) < 4.78 is 66.0. The van der Waals surface area contributed by atoms with E-state index in [1.54, 1.807) is 6.92 Å². The number of carbonyl (C=O) groups excluding carboxylic acids is 1. The van der Waals surface area contributed by atoms with E-state index in [1.807, 2.05) is 0 Å². The number of fused-ring (bicyclic) bond motifs is 6. The minimum absolute atomic E-state index is 0.0240. The van der Waals surface area contributed by atoms with E-state index in [2.05, 4.69) is 20.8 Å². The van der Waals surface area contributed by atoms with Gasteiger partial charge in [-0.3, -0.25) is 4.79 Å². The second kappa shape index (κ2) is 10.1. The average molecular weight is 525 g/mol. The summed E-state index contributed by atoms with van der Waals surface area (Å²) in [6.07, 6.45) is 7.05. The van der Waals surface area contributed by atoms with E-state index < -0.39 is 37.4 Å². The highest BCUT2D eigenvalue weighted by molar-refractivity contribution is 5.66. The van der Waals surface area contributed by atoms with Crippen molar-refractivity contribution in [1.82, 2.24) is 0 Å². The Morgan fingerprint density at radius 2 is 1.73 bits per heavy atom. The zero-order chi connectivity index (χ0) is 31.8. The number of esters is 1. The molecule has 5 nitrogen and oxygen atoms in total. The monoisotopic (exact) mass is 524 g/mol. The number of rotatable bonds is 6. The summed E-state index contributed by atoms with van der Waals surface area (Å²) in [5.41, 5.74) is 0.0552. The lowest BCUT2D eigenvalue weighted by molar-refractivity contribution is -0.298. The molecule has 1 spiro atoms. The molecule has 212 valence electrons. The molecule has 0 aromatic carbocycles. The molecule has 1 unspecified atom stereocenters. The Bertz CT molecular complexity index is 1010. The molecule has 5 rings (SSSR count). The fourth-order valence-electron chi connectivity index (χ4n) is 10.3. The van der Waals surface area contributed by atoms with E-state index in [0.717, 1.165) is 51.4 Å². The lowest BCUT2D eigenvalue weighted by Gasteiger charge is -2.65. The first-order valence-corrected chi connectivity index (χ1v) is 15.0. The molecule has 5 fully saturated rings. The van der Waals surface area contributed by atoms with Crippen molar-refractivity contribution in [3.8, 4) is 0 Å². The van der Waals surface area contributed by atoms with Crippen LogP contribution in [0.3, 0.4) is 0 Å². The summed E-state index contributed by atoms with van der Waals surface area (Å²) >= 11 is 0. The van der Waals surface area contributed by atoms with E-state index in [0.29, 0.717) is 31.0 Å². The minimum Gasteiger partial charge on any atom is -0.463 e. The van der Waals surface area contributed by atoms with Gasteiger partial charge < -0.3 is 19.3 Å². The largest absolute Gasteiger partial charge is 0.463 e. The van der Waals surface area contributed by atoms with Crippen LogP contribution in [0.5, 0.6) is 0 Å². The first-order chi connectivity index (χ1) is 19.8. The van der Waals surface area contributed by atoms with Crippen molar-refractivity contribution in [3.05, 3.63) is 0 Å². The van der Waals surface area contributed by atoms with Gasteiger partial charge in [-0.05, 0) is 104 Å². The molecule has 5 heteroatoms. The number of carbonyl (C=O) groups is 1. The number of aliphatic hydroxyl groups is 1. The van der Waals surface area contributed by atoms with Crippen LogP contribution >= 0.6 is 0 Å². The maximum absolute atomic E-state index is 11.8. The smallest absolute Gasteiger partial charge is 0.302 e. The Morgan fingerprint density at radius 3 is 2.41 bits per heavy atom. The summed E-state index contributed by atoms with van der Waals surface area (Å²) in [7, 11) is 0. The molecular formula is C32H54O5. The van der Waals surface area contributed by atoms with Crippen LogP contribution in [0.25, 0.3) is 0 Å². The van der Waals surface area contributed by atoms with Crippen LogP contribution in [0.1, 0.15) is 114 Å². The predicted octanol–water partition coefficient (Wildman–Crippen LogP) is 6.61. The van der Waals surface area contributed by atoms with Gasteiger partial charge in [-0.15, -0.1) is 0 Å². The van der Waals surface area contributed by atoms with Gasteiger partial charge in [-0.2, -0.15) is 0 Å². The SMILES string of the molecule is [2H]C([2H])([2H])C([C@@H](C)C[C@H](O)[C@@H](C)[C@H]1CC[C@H]2[C@@H]3CC4(OCCO4)C4C[C@@H](OC(C)=O)CC[C@]4(C)[C@H]3CC[C@]12C)C([2H])([2H])[2H]. The molecule has 37 heavy (non-hydrogen) atoms. The molecule has 1 saturated heterocycles. The fourth-order valence-corrected chi connectivity index (χ4v) is 10.3. The molecule has 1 heterocycles. The lowest BCUT2D eigenvalue weighted by Crippen LogP contribution is -2.63. The molecule has 1 N–H and O–H groups in total. The number of ether oxygens (including phenoxy) is 3. The fraction of sp³-hybridized carbons (Fsp3) is 0.969. The third kappa shape index (κ3) is 4.61. The van der Waals surface area contributed by atoms with Gasteiger partial charge in [0.1, 0.15) is 6.10 Å². The van der Waals surface area contributed by atoms with Crippen molar-refractivity contribution in [3.63, 3.8) is 0 Å². The molecule has 0 radical (unpaired) electrons. The van der Waals surface area contributed by atoms with E-state index in [-0.39, 0.29) is 47.1 Å². The second-order valence-corrected chi connectivity index (χ2v) is 14.0. The molecule has 4 aliphatic carbocycles. The highest BCUT2D eigenvalue weighted by Gasteiger charge is 2.68. The molecule has 0 amide bonds. The molecule has 4 saturated carbocycles. The Labute approximate surface area is 234 Å². The first-order valence-electron chi connectivity index (χ1n) is 18.0. The maximum Gasteiger partial charge on any atom is 0.302 e. The summed E-state index contributed by atoms with van der Waals surface area (Å²) in [6, 6.07) is 0. The normalized spacial score (nSPS) is 48.2. The summed E-state index contributed by atoms with van der Waals surface area (Å²) in [5.74, 6) is -1.18. The quantitative estimate of drug-likeness (QED) is 0.396. The highest BCUT2D eigenvalue weighted by Crippen LogP contribution is 2.71. The topological polar surface area (TPSA) is 65.0 Å². The third-order valence-corrected chi connectivity index (χ3v) is 12.2. The third-order valence-electron chi connectivity index (χ3n) is 12.2. The van der Waals surface area contributed by atoms with Gasteiger partial charge in [0.2, 0.25) is 0 Å². The Morgan fingerprint density at radius 1 is 1.05 bits per heavy atom. The van der Waals surface area contributed by atoms with Gasteiger partial charge in [0, 0.05) is 27.5 Å². The molecular weight excluding hydrogens is 464 g/mol. The molecule has 0 aromatic rings. The predicted molar refractivity (Wildman–Crippen MR) is 145 cm³/mol. The van der Waals surface area contributed by atoms with Gasteiger partial charge in [-0.1, -0.05) is 41.4 Å². The first kappa shape index (κ1) is 21.1. The van der Waals surface area contributed by atoms with E-state index in [1.165, 1.54) is 6.92 Å². The molecule has 11 atom stereocenters. The molecule has 0 aromatic heterocycles. The van der Waals surface area contributed by atoms with Gasteiger partial charge in [0.25, 0.3) is 0 Å². The number of hydrogen-bond donors (Lipinski definition) is 1. The van der Waals surface area contributed by atoms with Crippen LogP contribution < -0.4 is 0 Å². The number of aliphatic hydroxyl groups excluding tert-OH is 1. The minimum atomic E-state index is -2.61. The Kier molecular flexibility index (Phi) is 5.76. The van der Waals surface area contributed by atoms with Crippen molar-refractivity contribution >= 4 is 5.97 Å². The molecule has 0 bridgehead atoms. The highest BCUT2D eigenvalue weighted by atomic mass is 16.7. The van der Waals surface area contributed by atoms with E-state index >= 15 is 0 Å². The van der Waals surface area contributed by atoms with Crippen molar-refractivity contribution in [2.24, 2.45) is 58.2 Å². The van der Waals surface area contributed by atoms with Crippen molar-refractivity contribution in [2.75, 3.05) is 13.2 Å². The van der Waals surface area contributed by atoms with Crippen molar-refractivity contribution < 1.29 is 32.3 Å². The Balaban J connectivity index is 1.35. The van der Waals surface area contributed by atoms with Crippen LogP contribution in [-0.4, -0.2) is 42.3 Å². The van der Waals surface area contributed by atoms with E-state index in [4.69, 9.17) is 22.4 Å². The summed E-state index contributed by atoms with van der Waals surface area (Å²) in [6.45, 7) is 6.02. The summed E-state index contributed by atoms with van der Waals surface area (Å²) in [5, 5.41) is 11.5. The molecule has 1 aliphatic heterocycles. The van der Waals surface area contributed by atoms with Crippen LogP contribution in [0.2, 0.25) is 0 Å². The molecule has 5 aliphatic rings. The van der Waals surface area contributed by atoms with Gasteiger partial charge in [0.05, 0.1) is 19.3 Å². The summed E-state index contributed by atoms with van der Waals surface area (Å²) in [4.78, 5) is 11.8. The van der Waals surface area contributed by atoms with E-state index in [9.17, 15) is 9.90 Å². The average Bonchev–Trinajstić information content (AvgIpc) is 3.47.